The van der Waals surface area contributed by atoms with Gasteiger partial charge in [-0.2, -0.15) is 5.10 Å². The smallest absolute Gasteiger partial charge is 0.408 e. The lowest BCUT2D eigenvalue weighted by atomic mass is 10.1. The molecule has 144 valence electrons. The molecule has 2 rings (SSSR count). The van der Waals surface area contributed by atoms with Crippen molar-refractivity contribution in [1.82, 2.24) is 20.1 Å². The lowest BCUT2D eigenvalue weighted by Crippen LogP contribution is -2.35. The van der Waals surface area contributed by atoms with Crippen molar-refractivity contribution in [3.63, 3.8) is 0 Å². The highest BCUT2D eigenvalue weighted by atomic mass is 16.6. The third kappa shape index (κ3) is 5.30. The molecule has 0 unspecified atom stereocenters. The van der Waals surface area contributed by atoms with E-state index in [1.165, 1.54) is 16.9 Å². The second-order valence-electron chi connectivity index (χ2n) is 6.83. The summed E-state index contributed by atoms with van der Waals surface area (Å²) in [4.78, 5) is 27.5. The number of nitrogens with zero attached hydrogens (tertiary/aromatic N) is 3. The molecule has 1 atom stereocenters. The van der Waals surface area contributed by atoms with Crippen LogP contribution in [0.25, 0.3) is 5.69 Å². The first kappa shape index (κ1) is 20.0. The third-order valence-electron chi connectivity index (χ3n) is 3.42. The standard InChI is InChI=1S/C18H23N5O4/c1-5-6-12(21-17(26)27-18(2,3)4)13-9-11(7-8-20-13)23-15(19)10-14(22-23)16(24)25/h5,7-10,12H,1,6,19H2,2-4H3,(H,21,26)(H,24,25)/t12-/m0/s1. The number of pyridine rings is 1. The van der Waals surface area contributed by atoms with Gasteiger partial charge in [-0.25, -0.2) is 14.3 Å². The first-order valence-corrected chi connectivity index (χ1v) is 8.26. The number of nitrogen functional groups attached to an aromatic ring is 1. The van der Waals surface area contributed by atoms with E-state index in [1.807, 2.05) is 0 Å². The Morgan fingerprint density at radius 1 is 1.44 bits per heavy atom. The van der Waals surface area contributed by atoms with Crippen molar-refractivity contribution in [2.75, 3.05) is 5.73 Å². The van der Waals surface area contributed by atoms with Gasteiger partial charge in [-0.1, -0.05) is 6.08 Å². The summed E-state index contributed by atoms with van der Waals surface area (Å²) < 4.78 is 6.58. The maximum absolute atomic E-state index is 12.1. The molecule has 0 aliphatic carbocycles. The molecule has 0 aliphatic rings. The molecule has 0 aliphatic heterocycles. The van der Waals surface area contributed by atoms with Gasteiger partial charge in [0, 0.05) is 12.3 Å². The fourth-order valence-corrected chi connectivity index (χ4v) is 2.34. The lowest BCUT2D eigenvalue weighted by Gasteiger charge is -2.23. The summed E-state index contributed by atoms with van der Waals surface area (Å²) in [6.45, 7) is 9.02. The highest BCUT2D eigenvalue weighted by Gasteiger charge is 2.21. The highest BCUT2D eigenvalue weighted by Crippen LogP contribution is 2.21. The molecule has 0 radical (unpaired) electrons. The van der Waals surface area contributed by atoms with Crippen molar-refractivity contribution in [1.29, 1.82) is 0 Å². The van der Waals surface area contributed by atoms with E-state index in [-0.39, 0.29) is 11.5 Å². The molecule has 2 aromatic heterocycles. The number of alkyl carbamates (subject to hydrolysis) is 1. The van der Waals surface area contributed by atoms with E-state index < -0.39 is 23.7 Å². The topological polar surface area (TPSA) is 132 Å². The fourth-order valence-electron chi connectivity index (χ4n) is 2.34. The van der Waals surface area contributed by atoms with Gasteiger partial charge < -0.3 is 20.9 Å². The minimum absolute atomic E-state index is 0.166. The van der Waals surface area contributed by atoms with Crippen LogP contribution in [-0.2, 0) is 4.74 Å². The Hall–Kier alpha value is -3.36. The van der Waals surface area contributed by atoms with Crippen LogP contribution in [-0.4, -0.2) is 37.5 Å². The van der Waals surface area contributed by atoms with Crippen LogP contribution in [0.1, 0.15) is 49.4 Å². The molecule has 9 heteroatoms. The van der Waals surface area contributed by atoms with Crippen molar-refractivity contribution < 1.29 is 19.4 Å². The number of aromatic carboxylic acids is 1. The number of anilines is 1. The quantitative estimate of drug-likeness (QED) is 0.663. The van der Waals surface area contributed by atoms with Gasteiger partial charge in [0.15, 0.2) is 5.69 Å². The van der Waals surface area contributed by atoms with Crippen molar-refractivity contribution in [3.8, 4) is 5.69 Å². The van der Waals surface area contributed by atoms with Crippen LogP contribution >= 0.6 is 0 Å². The number of hydrogen-bond acceptors (Lipinski definition) is 6. The molecular weight excluding hydrogens is 350 g/mol. The molecule has 0 saturated carbocycles. The van der Waals surface area contributed by atoms with Crippen LogP contribution in [0, 0.1) is 0 Å². The van der Waals surface area contributed by atoms with E-state index in [9.17, 15) is 9.59 Å². The second kappa shape index (κ2) is 7.90. The van der Waals surface area contributed by atoms with E-state index in [0.29, 0.717) is 17.8 Å². The average Bonchev–Trinajstić information content (AvgIpc) is 2.95. The molecule has 0 fully saturated rings. The van der Waals surface area contributed by atoms with E-state index in [2.05, 4.69) is 22.0 Å². The van der Waals surface area contributed by atoms with E-state index in [0.717, 1.165) is 0 Å². The molecule has 0 aromatic carbocycles. The summed E-state index contributed by atoms with van der Waals surface area (Å²) in [6.07, 6.45) is 3.03. The summed E-state index contributed by atoms with van der Waals surface area (Å²) in [5.41, 5.74) is 6.11. The zero-order valence-electron chi connectivity index (χ0n) is 15.5. The number of carbonyl (C=O) groups is 2. The van der Waals surface area contributed by atoms with Crippen molar-refractivity contribution in [2.45, 2.75) is 38.8 Å². The maximum Gasteiger partial charge on any atom is 0.408 e. The fraction of sp³-hybridized carbons (Fsp3) is 0.333. The molecule has 2 aromatic rings. The molecule has 1 amide bonds. The highest BCUT2D eigenvalue weighted by molar-refractivity contribution is 5.86. The number of carbonyl (C=O) groups excluding carboxylic acids is 1. The Kier molecular flexibility index (Phi) is 5.84. The molecule has 9 nitrogen and oxygen atoms in total. The first-order valence-electron chi connectivity index (χ1n) is 8.26. The first-order chi connectivity index (χ1) is 12.6. The maximum atomic E-state index is 12.1. The van der Waals surface area contributed by atoms with Crippen molar-refractivity contribution in [3.05, 3.63) is 48.4 Å². The van der Waals surface area contributed by atoms with Crippen LogP contribution in [0.3, 0.4) is 0 Å². The van der Waals surface area contributed by atoms with Gasteiger partial charge in [-0.3, -0.25) is 4.98 Å². The normalized spacial score (nSPS) is 12.3. The molecule has 0 bridgehead atoms. The minimum atomic E-state index is -1.18. The SMILES string of the molecule is C=CC[C@H](NC(=O)OC(C)(C)C)c1cc(-n2nc(C(=O)O)cc2N)ccn1. The number of hydrogen-bond donors (Lipinski definition) is 3. The number of nitrogens with two attached hydrogens (primary N) is 1. The summed E-state index contributed by atoms with van der Waals surface area (Å²) in [7, 11) is 0. The average molecular weight is 373 g/mol. The lowest BCUT2D eigenvalue weighted by molar-refractivity contribution is 0.0502. The number of carboxylic acids is 1. The number of carboxylic acid groups (broad SMARTS) is 1. The summed E-state index contributed by atoms with van der Waals surface area (Å²) in [5, 5.41) is 15.8. The van der Waals surface area contributed by atoms with Crippen LogP contribution in [0.2, 0.25) is 0 Å². The number of amides is 1. The zero-order chi connectivity index (χ0) is 20.2. The van der Waals surface area contributed by atoms with Gasteiger partial charge in [0.1, 0.15) is 11.4 Å². The Balaban J connectivity index is 2.31. The van der Waals surface area contributed by atoms with Gasteiger partial charge >= 0.3 is 12.1 Å². The molecular formula is C18H23N5O4. The van der Waals surface area contributed by atoms with Gasteiger partial charge in [-0.15, -0.1) is 6.58 Å². The number of aromatic nitrogens is 3. The minimum Gasteiger partial charge on any atom is -0.476 e. The van der Waals surface area contributed by atoms with E-state index in [1.54, 1.807) is 39.0 Å². The zero-order valence-corrected chi connectivity index (χ0v) is 15.5. The summed E-state index contributed by atoms with van der Waals surface area (Å²) >= 11 is 0. The Morgan fingerprint density at radius 3 is 2.70 bits per heavy atom. The van der Waals surface area contributed by atoms with E-state index >= 15 is 0 Å². The van der Waals surface area contributed by atoms with Crippen LogP contribution in [0.4, 0.5) is 10.6 Å². The molecule has 0 spiro atoms. The monoisotopic (exact) mass is 373 g/mol. The predicted octanol–water partition coefficient (Wildman–Crippen LogP) is 2.69. The van der Waals surface area contributed by atoms with Gasteiger partial charge in [0.25, 0.3) is 0 Å². The number of ether oxygens (including phenoxy) is 1. The van der Waals surface area contributed by atoms with Crippen LogP contribution < -0.4 is 11.1 Å². The second-order valence-corrected chi connectivity index (χ2v) is 6.83. The molecule has 4 N–H and O–H groups in total. The van der Waals surface area contributed by atoms with Crippen molar-refractivity contribution in [2.24, 2.45) is 0 Å². The van der Waals surface area contributed by atoms with Gasteiger partial charge in [0.05, 0.1) is 17.4 Å². The van der Waals surface area contributed by atoms with Crippen LogP contribution in [0.15, 0.2) is 37.1 Å². The van der Waals surface area contributed by atoms with Crippen molar-refractivity contribution >= 4 is 17.9 Å². The largest absolute Gasteiger partial charge is 0.476 e. The van der Waals surface area contributed by atoms with E-state index in [4.69, 9.17) is 15.6 Å². The third-order valence-corrected chi connectivity index (χ3v) is 3.42. The molecule has 27 heavy (non-hydrogen) atoms. The summed E-state index contributed by atoms with van der Waals surface area (Å²) in [5.74, 6) is -1.00. The number of nitrogens with one attached hydrogen (secondary N) is 1. The molecule has 2 heterocycles. The van der Waals surface area contributed by atoms with Crippen LogP contribution in [0.5, 0.6) is 0 Å². The Morgan fingerprint density at radius 2 is 2.15 bits per heavy atom. The van der Waals surface area contributed by atoms with Gasteiger partial charge in [0.2, 0.25) is 0 Å². The predicted molar refractivity (Wildman–Crippen MR) is 99.7 cm³/mol. The Labute approximate surface area is 156 Å². The summed E-state index contributed by atoms with van der Waals surface area (Å²) in [6, 6.07) is 4.09. The van der Waals surface area contributed by atoms with Gasteiger partial charge in [-0.05, 0) is 39.3 Å². The number of rotatable bonds is 6. The molecule has 0 saturated heterocycles. The Bertz CT molecular complexity index is 854.